The molecule has 1 saturated carbocycles. The molecule has 124 valence electrons. The van der Waals surface area contributed by atoms with Gasteiger partial charge in [0.15, 0.2) is 0 Å². The van der Waals surface area contributed by atoms with Crippen molar-refractivity contribution in [3.05, 3.63) is 0 Å². The van der Waals surface area contributed by atoms with Gasteiger partial charge >= 0.3 is 6.18 Å². The zero-order valence-electron chi connectivity index (χ0n) is 12.8. The lowest BCUT2D eigenvalue weighted by Crippen LogP contribution is -2.46. The Morgan fingerprint density at radius 1 is 1.33 bits per heavy atom. The molecule has 2 fully saturated rings. The van der Waals surface area contributed by atoms with Crippen LogP contribution in [0.25, 0.3) is 0 Å². The molecule has 0 radical (unpaired) electrons. The Hall–Kier alpha value is -0.330. The summed E-state index contributed by atoms with van der Waals surface area (Å²) in [7, 11) is 0. The summed E-state index contributed by atoms with van der Waals surface area (Å²) < 4.78 is 47.8. The molecule has 0 aromatic carbocycles. The first-order valence-electron chi connectivity index (χ1n) is 7.79. The van der Waals surface area contributed by atoms with Crippen molar-refractivity contribution < 1.29 is 22.6 Å². The van der Waals surface area contributed by atoms with Crippen LogP contribution in [-0.4, -0.2) is 45.2 Å². The molecule has 2 rings (SSSR count). The predicted molar refractivity (Wildman–Crippen MR) is 74.1 cm³/mol. The van der Waals surface area contributed by atoms with E-state index >= 15 is 0 Å². The Labute approximate surface area is 124 Å². The average Bonchev–Trinajstić information content (AvgIpc) is 3.10. The molecular formula is C15H26F3NO2. The number of alkyl halides is 3. The second-order valence-corrected chi connectivity index (χ2v) is 6.87. The molecule has 0 aromatic heterocycles. The molecule has 0 spiro atoms. The molecule has 0 aromatic rings. The maximum atomic E-state index is 12.3. The highest BCUT2D eigenvalue weighted by atomic mass is 19.4. The minimum atomic E-state index is -4.26. The molecule has 6 heteroatoms. The largest absolute Gasteiger partial charge is 0.411 e. The standard InChI is InChI=1S/C15H26F3NO2/c1-11(2)7-19-8-14(9-20-10-15(16,17)18)5-6-21-13(14)12-3-4-12/h11-13,19H,3-10H2,1-2H3. The van der Waals surface area contributed by atoms with Crippen LogP contribution in [0, 0.1) is 17.3 Å². The Balaban J connectivity index is 1.92. The van der Waals surface area contributed by atoms with Gasteiger partial charge in [-0.25, -0.2) is 0 Å². The van der Waals surface area contributed by atoms with E-state index in [4.69, 9.17) is 9.47 Å². The van der Waals surface area contributed by atoms with Crippen molar-refractivity contribution in [3.63, 3.8) is 0 Å². The third kappa shape index (κ3) is 5.11. The van der Waals surface area contributed by atoms with E-state index in [-0.39, 0.29) is 18.1 Å². The van der Waals surface area contributed by atoms with Crippen LogP contribution in [-0.2, 0) is 9.47 Å². The van der Waals surface area contributed by atoms with Gasteiger partial charge in [-0.05, 0) is 37.6 Å². The normalized spacial score (nSPS) is 30.3. The molecule has 1 N–H and O–H groups in total. The summed E-state index contributed by atoms with van der Waals surface area (Å²) in [5.41, 5.74) is -0.304. The Morgan fingerprint density at radius 3 is 2.62 bits per heavy atom. The highest BCUT2D eigenvalue weighted by Crippen LogP contribution is 2.48. The Kier molecular flexibility index (Phi) is 5.54. The van der Waals surface area contributed by atoms with E-state index in [9.17, 15) is 13.2 Å². The lowest BCUT2D eigenvalue weighted by Gasteiger charge is -2.34. The third-order valence-corrected chi connectivity index (χ3v) is 4.24. The quantitative estimate of drug-likeness (QED) is 0.748. The highest BCUT2D eigenvalue weighted by Gasteiger charge is 2.51. The van der Waals surface area contributed by atoms with Gasteiger partial charge in [0.1, 0.15) is 6.61 Å². The molecule has 2 atom stereocenters. The molecule has 1 aliphatic heterocycles. The van der Waals surface area contributed by atoms with E-state index in [0.29, 0.717) is 25.0 Å². The van der Waals surface area contributed by atoms with Gasteiger partial charge in [-0.15, -0.1) is 0 Å². The zero-order chi connectivity index (χ0) is 15.5. The van der Waals surface area contributed by atoms with Gasteiger partial charge in [-0.1, -0.05) is 13.8 Å². The summed E-state index contributed by atoms with van der Waals surface area (Å²) in [6, 6.07) is 0. The zero-order valence-corrected chi connectivity index (χ0v) is 12.8. The number of nitrogens with one attached hydrogen (secondary N) is 1. The molecule has 1 heterocycles. The molecule has 1 aliphatic carbocycles. The lowest BCUT2D eigenvalue weighted by molar-refractivity contribution is -0.183. The maximum absolute atomic E-state index is 12.3. The molecule has 3 nitrogen and oxygen atoms in total. The van der Waals surface area contributed by atoms with Crippen molar-refractivity contribution in [2.75, 3.05) is 32.9 Å². The summed E-state index contributed by atoms with van der Waals surface area (Å²) in [5.74, 6) is 1.02. The van der Waals surface area contributed by atoms with Crippen LogP contribution in [0.15, 0.2) is 0 Å². The Bertz CT molecular complexity index is 331. The highest BCUT2D eigenvalue weighted by molar-refractivity contribution is 5.00. The van der Waals surface area contributed by atoms with Gasteiger partial charge in [-0.3, -0.25) is 0 Å². The topological polar surface area (TPSA) is 30.5 Å². The van der Waals surface area contributed by atoms with Gasteiger partial charge in [0.25, 0.3) is 0 Å². The first-order valence-corrected chi connectivity index (χ1v) is 7.79. The number of ether oxygens (including phenoxy) is 2. The first-order chi connectivity index (χ1) is 9.82. The number of rotatable bonds is 8. The third-order valence-electron chi connectivity index (χ3n) is 4.24. The van der Waals surface area contributed by atoms with Gasteiger partial charge in [0, 0.05) is 18.6 Å². The van der Waals surface area contributed by atoms with Gasteiger partial charge in [-0.2, -0.15) is 13.2 Å². The minimum Gasteiger partial charge on any atom is -0.377 e. The Morgan fingerprint density at radius 2 is 2.05 bits per heavy atom. The van der Waals surface area contributed by atoms with Crippen molar-refractivity contribution in [3.8, 4) is 0 Å². The summed E-state index contributed by atoms with van der Waals surface area (Å²) in [5, 5.41) is 3.39. The average molecular weight is 309 g/mol. The van der Waals surface area contributed by atoms with Crippen molar-refractivity contribution >= 4 is 0 Å². The summed E-state index contributed by atoms with van der Waals surface area (Å²) in [6.07, 6.45) is -1.20. The SMILES string of the molecule is CC(C)CNCC1(COCC(F)(F)F)CCOC1C1CC1. The van der Waals surface area contributed by atoms with Crippen molar-refractivity contribution in [2.45, 2.75) is 45.4 Å². The lowest BCUT2D eigenvalue weighted by atomic mass is 9.79. The smallest absolute Gasteiger partial charge is 0.377 e. The summed E-state index contributed by atoms with van der Waals surface area (Å²) in [4.78, 5) is 0. The predicted octanol–water partition coefficient (Wildman–Crippen LogP) is 3.00. The molecular weight excluding hydrogens is 283 g/mol. The van der Waals surface area contributed by atoms with Crippen LogP contribution in [0.2, 0.25) is 0 Å². The van der Waals surface area contributed by atoms with E-state index in [2.05, 4.69) is 19.2 Å². The van der Waals surface area contributed by atoms with Crippen LogP contribution < -0.4 is 5.32 Å². The fourth-order valence-electron chi connectivity index (χ4n) is 3.12. The minimum absolute atomic E-state index is 0.0467. The maximum Gasteiger partial charge on any atom is 0.411 e. The van der Waals surface area contributed by atoms with E-state index in [1.807, 2.05) is 0 Å². The molecule has 0 amide bonds. The van der Waals surface area contributed by atoms with Crippen molar-refractivity contribution in [1.82, 2.24) is 5.32 Å². The number of hydrogen-bond acceptors (Lipinski definition) is 3. The van der Waals surface area contributed by atoms with Gasteiger partial charge in [0.05, 0.1) is 12.7 Å². The van der Waals surface area contributed by atoms with Crippen LogP contribution in [0.5, 0.6) is 0 Å². The van der Waals surface area contributed by atoms with Crippen molar-refractivity contribution in [1.29, 1.82) is 0 Å². The summed E-state index contributed by atoms with van der Waals surface area (Å²) >= 11 is 0. The fourth-order valence-corrected chi connectivity index (χ4v) is 3.12. The molecule has 2 aliphatic rings. The molecule has 0 bridgehead atoms. The van der Waals surface area contributed by atoms with E-state index in [1.165, 1.54) is 0 Å². The molecule has 1 saturated heterocycles. The number of halogens is 3. The van der Waals surface area contributed by atoms with Gasteiger partial charge < -0.3 is 14.8 Å². The van der Waals surface area contributed by atoms with Crippen LogP contribution in [0.1, 0.15) is 33.1 Å². The second-order valence-electron chi connectivity index (χ2n) is 6.87. The fraction of sp³-hybridized carbons (Fsp3) is 1.00. The van der Waals surface area contributed by atoms with Crippen LogP contribution in [0.3, 0.4) is 0 Å². The van der Waals surface area contributed by atoms with E-state index < -0.39 is 12.8 Å². The van der Waals surface area contributed by atoms with Gasteiger partial charge in [0.2, 0.25) is 0 Å². The number of hydrogen-bond donors (Lipinski definition) is 1. The van der Waals surface area contributed by atoms with Crippen molar-refractivity contribution in [2.24, 2.45) is 17.3 Å². The summed E-state index contributed by atoms with van der Waals surface area (Å²) in [6.45, 7) is 5.34. The second kappa shape index (κ2) is 6.84. The first kappa shape index (κ1) is 17.0. The molecule has 2 unspecified atom stereocenters. The van der Waals surface area contributed by atoms with E-state index in [1.54, 1.807) is 0 Å². The monoisotopic (exact) mass is 309 g/mol. The van der Waals surface area contributed by atoms with E-state index in [0.717, 1.165) is 25.8 Å². The molecule has 21 heavy (non-hydrogen) atoms. The van der Waals surface area contributed by atoms with Crippen LogP contribution >= 0.6 is 0 Å². The van der Waals surface area contributed by atoms with Crippen LogP contribution in [0.4, 0.5) is 13.2 Å².